The molecule has 2 aromatic rings. The van der Waals surface area contributed by atoms with E-state index in [2.05, 4.69) is 18.7 Å². The van der Waals surface area contributed by atoms with E-state index in [1.807, 2.05) is 13.1 Å². The molecular formula is C31H38FNO5. The minimum absolute atomic E-state index is 0.1000. The van der Waals surface area contributed by atoms with Crippen molar-refractivity contribution >= 4 is 11.8 Å². The number of hydrogen-bond acceptors (Lipinski definition) is 5. The summed E-state index contributed by atoms with van der Waals surface area (Å²) >= 11 is 0. The molecule has 38 heavy (non-hydrogen) atoms. The van der Waals surface area contributed by atoms with E-state index in [0.29, 0.717) is 41.7 Å². The first kappa shape index (κ1) is 26.8. The Morgan fingerprint density at radius 1 is 1.13 bits per heavy atom. The zero-order valence-electron chi connectivity index (χ0n) is 22.5. The van der Waals surface area contributed by atoms with Gasteiger partial charge in [0.05, 0.1) is 17.7 Å². The maximum Gasteiger partial charge on any atom is 0.335 e. The van der Waals surface area contributed by atoms with Crippen molar-refractivity contribution in [2.24, 2.45) is 11.3 Å². The first-order valence-corrected chi connectivity index (χ1v) is 13.8. The molecule has 3 aliphatic rings. The molecule has 4 atom stereocenters. The third-order valence-corrected chi connectivity index (χ3v) is 8.78. The predicted octanol–water partition coefficient (Wildman–Crippen LogP) is 5.67. The number of aliphatic hydroxyl groups excluding tert-OH is 1. The number of hydrogen-bond donors (Lipinski definition) is 2. The Morgan fingerprint density at radius 2 is 1.89 bits per heavy atom. The summed E-state index contributed by atoms with van der Waals surface area (Å²) in [6, 6.07) is 9.49. The highest BCUT2D eigenvalue weighted by atomic mass is 19.1. The number of carbonyl (C=O) groups is 2. The molecule has 5 rings (SSSR count). The zero-order chi connectivity index (χ0) is 27.2. The minimum Gasteiger partial charge on any atom is -0.490 e. The van der Waals surface area contributed by atoms with Crippen LogP contribution in [0.1, 0.15) is 80.6 Å². The summed E-state index contributed by atoms with van der Waals surface area (Å²) in [5, 5.41) is 20.5. The van der Waals surface area contributed by atoms with Gasteiger partial charge in [-0.2, -0.15) is 0 Å². The number of aromatic carboxylic acids is 1. The van der Waals surface area contributed by atoms with Crippen LogP contribution in [0.5, 0.6) is 5.75 Å². The molecule has 0 bridgehead atoms. The van der Waals surface area contributed by atoms with E-state index in [9.17, 15) is 19.8 Å². The van der Waals surface area contributed by atoms with Crippen LogP contribution >= 0.6 is 0 Å². The molecule has 1 aliphatic heterocycles. The molecule has 1 saturated heterocycles. The van der Waals surface area contributed by atoms with E-state index in [1.165, 1.54) is 12.1 Å². The van der Waals surface area contributed by atoms with Gasteiger partial charge in [-0.15, -0.1) is 0 Å². The highest BCUT2D eigenvalue weighted by molar-refractivity contribution is 5.91. The van der Waals surface area contributed by atoms with Crippen molar-refractivity contribution in [1.82, 2.24) is 4.90 Å². The van der Waals surface area contributed by atoms with E-state index < -0.39 is 12.1 Å². The average molecular weight is 524 g/mol. The van der Waals surface area contributed by atoms with Crippen LogP contribution in [0.25, 0.3) is 11.1 Å². The molecule has 0 radical (unpaired) electrons. The Bertz CT molecular complexity index is 1220. The normalized spacial score (nSPS) is 27.3. The van der Waals surface area contributed by atoms with Gasteiger partial charge in [-0.05, 0) is 85.4 Å². The highest BCUT2D eigenvalue weighted by Gasteiger charge is 2.42. The van der Waals surface area contributed by atoms with Crippen molar-refractivity contribution in [3.05, 3.63) is 53.3 Å². The van der Waals surface area contributed by atoms with Gasteiger partial charge in [0, 0.05) is 24.9 Å². The smallest absolute Gasteiger partial charge is 0.335 e. The molecule has 1 heterocycles. The Labute approximate surface area is 223 Å². The van der Waals surface area contributed by atoms with Gasteiger partial charge in [0.25, 0.3) is 0 Å². The molecule has 3 fully saturated rings. The number of nitrogens with zero attached hydrogens (tertiary/aromatic N) is 1. The van der Waals surface area contributed by atoms with Gasteiger partial charge < -0.3 is 14.9 Å². The maximum absolute atomic E-state index is 15.0. The molecule has 2 saturated carbocycles. The summed E-state index contributed by atoms with van der Waals surface area (Å²) < 4.78 is 21.4. The van der Waals surface area contributed by atoms with E-state index in [-0.39, 0.29) is 46.6 Å². The van der Waals surface area contributed by atoms with E-state index in [4.69, 9.17) is 4.74 Å². The number of ether oxygens (including phenoxy) is 1. The summed E-state index contributed by atoms with van der Waals surface area (Å²) in [6.07, 6.45) is 3.94. The molecule has 0 spiro atoms. The number of likely N-dealkylation sites (N-methyl/N-ethyl adjacent to an activating group) is 1. The summed E-state index contributed by atoms with van der Waals surface area (Å²) in [7, 11) is 1.99. The lowest BCUT2D eigenvalue weighted by atomic mass is 9.76. The first-order valence-electron chi connectivity index (χ1n) is 13.8. The summed E-state index contributed by atoms with van der Waals surface area (Å²) in [6.45, 7) is 5.22. The molecule has 2 aromatic carbocycles. The van der Waals surface area contributed by atoms with Gasteiger partial charge in [-0.3, -0.25) is 9.69 Å². The molecule has 204 valence electrons. The number of aliphatic hydroxyl groups is 1. The Kier molecular flexibility index (Phi) is 7.35. The second-order valence-electron chi connectivity index (χ2n) is 12.4. The number of halogens is 1. The summed E-state index contributed by atoms with van der Waals surface area (Å²) in [5.74, 6) is -0.786. The van der Waals surface area contributed by atoms with Crippen LogP contribution in [0.4, 0.5) is 4.39 Å². The molecule has 1 unspecified atom stereocenters. The molecule has 2 N–H and O–H groups in total. The summed E-state index contributed by atoms with van der Waals surface area (Å²) in [5.41, 5.74) is 2.03. The number of likely N-dealkylation sites (tertiary alicyclic amines) is 1. The van der Waals surface area contributed by atoms with Crippen molar-refractivity contribution in [2.75, 3.05) is 13.6 Å². The van der Waals surface area contributed by atoms with E-state index >= 15 is 4.39 Å². The average Bonchev–Trinajstić information content (AvgIpc) is 3.30. The van der Waals surface area contributed by atoms with Crippen molar-refractivity contribution in [3.8, 4) is 16.9 Å². The van der Waals surface area contributed by atoms with Crippen LogP contribution in [-0.2, 0) is 4.79 Å². The van der Waals surface area contributed by atoms with Crippen LogP contribution in [0.2, 0.25) is 0 Å². The lowest BCUT2D eigenvalue weighted by molar-refractivity contribution is -0.124. The largest absolute Gasteiger partial charge is 0.490 e. The van der Waals surface area contributed by atoms with Gasteiger partial charge in [0.15, 0.2) is 0 Å². The fraction of sp³-hybridized carbons (Fsp3) is 0.548. The molecule has 6 nitrogen and oxygen atoms in total. The number of carboxylic acids is 1. The Hall–Kier alpha value is -2.77. The van der Waals surface area contributed by atoms with Gasteiger partial charge >= 0.3 is 5.97 Å². The first-order chi connectivity index (χ1) is 18.0. The number of benzene rings is 2. The topological polar surface area (TPSA) is 87.1 Å². The van der Waals surface area contributed by atoms with Crippen molar-refractivity contribution in [1.29, 1.82) is 0 Å². The standard InChI is InChI=1S/C31H38FNO5/c1-31(2)16-25(33(3)17-31)27(35)14-20-12-21(15-26(20)34)38-28-11-10-19(30(36)37)13-23(28)22-8-5-9-24(32)29(22)18-6-4-7-18/h5,8-11,13,18,20-21,25-26,34H,4,6-7,12,14-17H2,1-3H3,(H,36,37)/t20?,21-,25+,26+/m0/s1. The van der Waals surface area contributed by atoms with Crippen molar-refractivity contribution in [3.63, 3.8) is 0 Å². The fourth-order valence-electron chi connectivity index (χ4n) is 6.69. The highest BCUT2D eigenvalue weighted by Crippen LogP contribution is 2.45. The number of carbonyl (C=O) groups excluding carboxylic acids is 1. The zero-order valence-corrected chi connectivity index (χ0v) is 22.5. The molecular weight excluding hydrogens is 485 g/mol. The van der Waals surface area contributed by atoms with Crippen molar-refractivity contribution in [2.45, 2.75) is 83.0 Å². The number of Topliss-reactive ketones (excluding diaryl/α,β-unsaturated/α-hetero) is 1. The van der Waals surface area contributed by atoms with Gasteiger partial charge in [-0.1, -0.05) is 32.4 Å². The van der Waals surface area contributed by atoms with Gasteiger partial charge in [0.1, 0.15) is 23.5 Å². The third-order valence-electron chi connectivity index (χ3n) is 8.78. The molecule has 7 heteroatoms. The minimum atomic E-state index is -1.06. The second-order valence-corrected chi connectivity index (χ2v) is 12.4. The van der Waals surface area contributed by atoms with E-state index in [1.54, 1.807) is 18.2 Å². The van der Waals surface area contributed by atoms with Crippen molar-refractivity contribution < 1.29 is 28.9 Å². The third kappa shape index (κ3) is 5.36. The summed E-state index contributed by atoms with van der Waals surface area (Å²) in [4.78, 5) is 27.0. The fourth-order valence-corrected chi connectivity index (χ4v) is 6.69. The number of rotatable bonds is 8. The quantitative estimate of drug-likeness (QED) is 0.464. The Morgan fingerprint density at radius 3 is 2.53 bits per heavy atom. The number of ketones is 1. The lowest BCUT2D eigenvalue weighted by Crippen LogP contribution is -2.34. The second kappa shape index (κ2) is 10.4. The SMILES string of the molecule is CN1CC(C)(C)C[C@@H]1C(=O)CC1C[C@H](Oc2ccc(C(=O)O)cc2-c2cccc(F)c2C2CCC2)C[C@H]1O. The predicted molar refractivity (Wildman–Crippen MR) is 143 cm³/mol. The van der Waals surface area contributed by atoms with Crippen LogP contribution in [0, 0.1) is 17.2 Å². The van der Waals surface area contributed by atoms with Gasteiger partial charge in [-0.25, -0.2) is 9.18 Å². The molecule has 2 aliphatic carbocycles. The molecule has 0 amide bonds. The van der Waals surface area contributed by atoms with Crippen LogP contribution in [-0.4, -0.2) is 58.7 Å². The van der Waals surface area contributed by atoms with Crippen LogP contribution in [0.3, 0.4) is 0 Å². The lowest BCUT2D eigenvalue weighted by Gasteiger charge is -2.29. The monoisotopic (exact) mass is 523 g/mol. The Balaban J connectivity index is 1.36. The maximum atomic E-state index is 15.0. The van der Waals surface area contributed by atoms with Crippen LogP contribution < -0.4 is 4.74 Å². The van der Waals surface area contributed by atoms with Gasteiger partial charge in [0.2, 0.25) is 0 Å². The van der Waals surface area contributed by atoms with Crippen LogP contribution in [0.15, 0.2) is 36.4 Å². The molecule has 0 aromatic heterocycles. The van der Waals surface area contributed by atoms with E-state index in [0.717, 1.165) is 32.2 Å². The number of carboxylic acid groups (broad SMARTS) is 1.